The van der Waals surface area contributed by atoms with E-state index >= 15 is 0 Å². The normalized spacial score (nSPS) is 11.5. The van der Waals surface area contributed by atoms with Crippen LogP contribution in [0.5, 0.6) is 0 Å². The predicted molar refractivity (Wildman–Crippen MR) is 609 cm³/mol. The molecule has 27 rings (SSSR count). The molecule has 0 radical (unpaired) electrons. The van der Waals surface area contributed by atoms with Crippen LogP contribution in [-0.2, 0) is 0 Å². The average Bonchev–Trinajstić information content (AvgIpc) is 1.62. The summed E-state index contributed by atoms with van der Waals surface area (Å²) in [5, 5.41) is 15.8. The summed E-state index contributed by atoms with van der Waals surface area (Å²) in [6.45, 7) is 0. The molecule has 672 valence electrons. The van der Waals surface area contributed by atoms with Gasteiger partial charge in [0.2, 0.25) is 0 Å². The molecule has 21 aromatic carbocycles. The first kappa shape index (κ1) is 86.4. The van der Waals surface area contributed by atoms with Crippen molar-refractivity contribution >= 4 is 307 Å². The molecular weight excluding hydrogens is 1860 g/mol. The van der Waals surface area contributed by atoms with Gasteiger partial charge in [-0.1, -0.05) is 290 Å². The maximum absolute atomic E-state index is 7.22. The van der Waals surface area contributed by atoms with Gasteiger partial charge in [-0.05, 0) is 231 Å². The Morgan fingerprint density at radius 3 is 1.06 bits per heavy atom. The van der Waals surface area contributed by atoms with Gasteiger partial charge in [0.1, 0.15) is 16.7 Å². The van der Waals surface area contributed by atoms with Gasteiger partial charge in [0.05, 0.1) is 48.9 Å². The summed E-state index contributed by atoms with van der Waals surface area (Å²) in [5.74, 6) is 0. The molecule has 0 N–H and O–H groups in total. The Morgan fingerprint density at radius 2 is 0.539 bits per heavy atom. The summed E-state index contributed by atoms with van der Waals surface area (Å²) in [7, 11) is 0. The SMILES string of the molecule is Clc1cc(N(c2ccccc2)c2cc(N(c3ccccc3)c3ccccc3)c3c(c2)sc2ccccc23)c2sc3ccccc3c2c1.Clc1cc(N(c2ccccc2)c2cc3sc4ccccc4c3cc2N(c2ccccc2)c2ccccc2)cc2sc3ccccc3c12.Clc1ccc(N(c2ccccc2)c2ccc3c(c2)oc2ccc(N(c4ccccc4)c4ccccc4)cc23)c2oc3ccccc3c12. The van der Waals surface area contributed by atoms with Crippen molar-refractivity contribution in [2.24, 2.45) is 0 Å². The smallest absolute Gasteiger partial charge is 0.160 e. The van der Waals surface area contributed by atoms with Crippen molar-refractivity contribution < 1.29 is 8.83 Å². The molecule has 0 saturated carbocycles. The van der Waals surface area contributed by atoms with Crippen LogP contribution in [0.3, 0.4) is 0 Å². The lowest BCUT2D eigenvalue weighted by molar-refractivity contribution is 0.667. The van der Waals surface area contributed by atoms with Gasteiger partial charge in [0, 0.05) is 177 Å². The van der Waals surface area contributed by atoms with E-state index in [1.165, 1.54) is 75.3 Å². The third-order valence-corrected chi connectivity index (χ3v) is 31.4. The van der Waals surface area contributed by atoms with E-state index in [2.05, 4.69) is 460 Å². The highest BCUT2D eigenvalue weighted by Crippen LogP contribution is 2.56. The average molecular weight is 1950 g/mol. The second-order valence-electron chi connectivity index (χ2n) is 34.5. The first-order chi connectivity index (χ1) is 69.7. The third kappa shape index (κ3) is 16.1. The summed E-state index contributed by atoms with van der Waals surface area (Å²) < 4.78 is 22.9. The first-order valence-corrected chi connectivity index (χ1v) is 51.0. The van der Waals surface area contributed by atoms with Gasteiger partial charge >= 0.3 is 0 Å². The van der Waals surface area contributed by atoms with E-state index in [0.29, 0.717) is 5.02 Å². The number of nitrogens with zero attached hydrogens (tertiary/aromatic N) is 6. The summed E-state index contributed by atoms with van der Waals surface area (Å²) in [6.07, 6.45) is 0. The van der Waals surface area contributed by atoms with E-state index in [9.17, 15) is 0 Å². The highest BCUT2D eigenvalue weighted by atomic mass is 35.5. The largest absolute Gasteiger partial charge is 0.456 e. The van der Waals surface area contributed by atoms with Crippen LogP contribution in [0, 0.1) is 0 Å². The zero-order chi connectivity index (χ0) is 94.0. The molecule has 0 aliphatic carbocycles. The van der Waals surface area contributed by atoms with Crippen molar-refractivity contribution in [3.05, 3.63) is 506 Å². The standard InChI is InChI=1S/C42H27ClN2O2.2C42H27ClN2S2/c43-36-23-24-37(42-41(36)34-18-10-11-19-38(34)47-42)45(30-16-8-3-9-17-30)32-20-22-33-35-26-31(21-25-39(35)46-40(33)27-32)44(28-12-4-1-5-13-28)29-14-6-2-7-15-29;43-28-24-35-33-20-10-12-22-38(33)47-42(35)37(25-28)45(31-18-8-3-9-19-31)32-26-36(41-34-21-11-13-23-39(34)46-40(41)27-32)44(29-14-4-1-5-15-29)30-16-6-2-7-17-30;43-35-24-31(25-41-42(35)33-21-11-13-23-39(33)47-41)45(30-18-8-3-9-19-30)37-27-40-34(32-20-10-12-22-38(32)46-40)26-36(37)44(28-14-4-1-5-15-28)29-16-6-2-7-17-29/h3*1-27H. The number of furan rings is 2. The molecule has 0 spiro atoms. The topological polar surface area (TPSA) is 45.7 Å². The molecule has 0 bridgehead atoms. The Balaban J connectivity index is 0.000000111. The molecule has 0 atom stereocenters. The highest BCUT2D eigenvalue weighted by molar-refractivity contribution is 7.27. The molecule has 0 saturated heterocycles. The van der Waals surface area contributed by atoms with Crippen molar-refractivity contribution in [2.75, 3.05) is 29.4 Å². The van der Waals surface area contributed by atoms with E-state index in [-0.39, 0.29) is 0 Å². The van der Waals surface area contributed by atoms with Gasteiger partial charge in [-0.3, -0.25) is 0 Å². The fraction of sp³-hybridized carbons (Fsp3) is 0. The van der Waals surface area contributed by atoms with Crippen LogP contribution < -0.4 is 29.4 Å². The van der Waals surface area contributed by atoms with Crippen LogP contribution in [0.4, 0.5) is 102 Å². The summed E-state index contributed by atoms with van der Waals surface area (Å²) >= 11 is 28.2. The van der Waals surface area contributed by atoms with Crippen molar-refractivity contribution in [3.63, 3.8) is 0 Å². The first-order valence-electron chi connectivity index (χ1n) is 46.6. The fourth-order valence-corrected chi connectivity index (χ4v) is 25.3. The van der Waals surface area contributed by atoms with Crippen molar-refractivity contribution in [1.82, 2.24) is 0 Å². The van der Waals surface area contributed by atoms with E-state index < -0.39 is 0 Å². The maximum Gasteiger partial charge on any atom is 0.160 e. The number of benzene rings is 21. The number of thiophene rings is 4. The van der Waals surface area contributed by atoms with E-state index in [1.54, 1.807) is 11.3 Å². The summed E-state index contributed by atoms with van der Waals surface area (Å²) in [5.41, 5.74) is 22.2. The fourth-order valence-electron chi connectivity index (χ4n) is 19.9. The molecule has 6 heterocycles. The van der Waals surface area contributed by atoms with Gasteiger partial charge in [0.25, 0.3) is 0 Å². The predicted octanol–water partition coefficient (Wildman–Crippen LogP) is 41.1. The molecule has 27 aromatic rings. The van der Waals surface area contributed by atoms with Crippen molar-refractivity contribution in [3.8, 4) is 0 Å². The lowest BCUT2D eigenvalue weighted by Gasteiger charge is -2.33. The molecule has 8 nitrogen and oxygen atoms in total. The monoisotopic (exact) mass is 1940 g/mol. The van der Waals surface area contributed by atoms with Crippen LogP contribution in [0.2, 0.25) is 15.1 Å². The molecule has 15 heteroatoms. The van der Waals surface area contributed by atoms with E-state index in [0.717, 1.165) is 162 Å². The maximum atomic E-state index is 7.22. The van der Waals surface area contributed by atoms with Gasteiger partial charge in [-0.15, -0.1) is 45.3 Å². The minimum absolute atomic E-state index is 0.658. The Labute approximate surface area is 844 Å². The molecule has 0 aliphatic rings. The second kappa shape index (κ2) is 37.3. The molecular formula is C126H81Cl3N6O2S4. The zero-order valence-electron chi connectivity index (χ0n) is 75.5. The highest BCUT2D eigenvalue weighted by Gasteiger charge is 2.31. The van der Waals surface area contributed by atoms with Crippen LogP contribution in [0.15, 0.2) is 500 Å². The number of para-hydroxylation sites is 10. The van der Waals surface area contributed by atoms with Crippen LogP contribution in [0.1, 0.15) is 0 Å². The number of halogens is 3. The Hall–Kier alpha value is -16.2. The Morgan fingerprint density at radius 1 is 0.163 bits per heavy atom. The van der Waals surface area contributed by atoms with Gasteiger partial charge < -0.3 is 38.2 Å². The quantitative estimate of drug-likeness (QED) is 0.0842. The van der Waals surface area contributed by atoms with Crippen LogP contribution in [0.25, 0.3) is 125 Å². The van der Waals surface area contributed by atoms with Crippen LogP contribution >= 0.6 is 80.1 Å². The minimum Gasteiger partial charge on any atom is -0.456 e. The van der Waals surface area contributed by atoms with Crippen LogP contribution in [-0.4, -0.2) is 0 Å². The molecule has 0 amide bonds. The molecule has 141 heavy (non-hydrogen) atoms. The van der Waals surface area contributed by atoms with Gasteiger partial charge in [-0.25, -0.2) is 0 Å². The Bertz CT molecular complexity index is 9220. The molecule has 0 unspecified atom stereocenters. The summed E-state index contributed by atoms with van der Waals surface area (Å²) in [4.78, 5) is 14.0. The number of anilines is 18. The zero-order valence-corrected chi connectivity index (χ0v) is 81.1. The number of fused-ring (bicyclic) bond motifs is 18. The number of hydrogen-bond acceptors (Lipinski definition) is 12. The van der Waals surface area contributed by atoms with Crippen molar-refractivity contribution in [1.29, 1.82) is 0 Å². The molecule has 6 aromatic heterocycles. The van der Waals surface area contributed by atoms with Crippen molar-refractivity contribution in [2.45, 2.75) is 0 Å². The number of hydrogen-bond donors (Lipinski definition) is 0. The van der Waals surface area contributed by atoms with E-state index in [4.69, 9.17) is 43.6 Å². The van der Waals surface area contributed by atoms with Gasteiger partial charge in [-0.2, -0.15) is 0 Å². The van der Waals surface area contributed by atoms with E-state index in [1.807, 2.05) is 94.7 Å². The van der Waals surface area contributed by atoms with Gasteiger partial charge in [0.15, 0.2) is 5.58 Å². The minimum atomic E-state index is 0.658. The third-order valence-electron chi connectivity index (χ3n) is 26.0. The second-order valence-corrected chi connectivity index (χ2v) is 40.1. The lowest BCUT2D eigenvalue weighted by Crippen LogP contribution is -2.17. The molecule has 0 aliphatic heterocycles. The summed E-state index contributed by atoms with van der Waals surface area (Å²) in [6, 6.07) is 173. The number of rotatable bonds is 18. The lowest BCUT2D eigenvalue weighted by atomic mass is 10.1. The Kier molecular flexibility index (Phi) is 22.8. The molecule has 0 fully saturated rings.